The molecule has 0 unspecified atom stereocenters. The van der Waals surface area contributed by atoms with Crippen LogP contribution in [0.2, 0.25) is 5.02 Å². The Morgan fingerprint density at radius 2 is 1.84 bits per heavy atom. The number of hydrogen-bond donors (Lipinski definition) is 1. The normalized spacial score (nSPS) is 10.6. The number of hydrazone groups is 1. The summed E-state index contributed by atoms with van der Waals surface area (Å²) < 4.78 is 13.3. The maximum absolute atomic E-state index is 13.3. The number of amides is 1. The lowest BCUT2D eigenvalue weighted by molar-refractivity contribution is 0.0955. The highest BCUT2D eigenvalue weighted by Crippen LogP contribution is 2.14. The molecule has 0 aliphatic rings. The number of carbonyl (C=O) groups excluding carboxylic acids is 1. The van der Waals surface area contributed by atoms with Gasteiger partial charge in [-0.3, -0.25) is 4.79 Å². The van der Waals surface area contributed by atoms with Gasteiger partial charge in [-0.1, -0.05) is 41.9 Å². The minimum Gasteiger partial charge on any atom is -0.267 e. The molecule has 0 aliphatic carbocycles. The summed E-state index contributed by atoms with van der Waals surface area (Å²) in [7, 11) is 0. The van der Waals surface area contributed by atoms with Gasteiger partial charge in [-0.05, 0) is 18.2 Å². The van der Waals surface area contributed by atoms with Crippen LogP contribution in [-0.4, -0.2) is 12.1 Å². The van der Waals surface area contributed by atoms with Crippen LogP contribution >= 0.6 is 11.6 Å². The third kappa shape index (κ3) is 3.39. The third-order valence-corrected chi connectivity index (χ3v) is 2.72. The molecule has 0 heterocycles. The van der Waals surface area contributed by atoms with Crippen molar-refractivity contribution in [3.8, 4) is 0 Å². The quantitative estimate of drug-likeness (QED) is 0.679. The lowest BCUT2D eigenvalue weighted by Gasteiger charge is -2.01. The van der Waals surface area contributed by atoms with Crippen LogP contribution in [0, 0.1) is 5.82 Å². The SMILES string of the molecule is O=C(NN=Cc1ccccc1F)c1ccccc1Cl. The van der Waals surface area contributed by atoms with E-state index in [-0.39, 0.29) is 0 Å². The van der Waals surface area contributed by atoms with Crippen LogP contribution in [0.4, 0.5) is 4.39 Å². The Balaban J connectivity index is 2.06. The minimum absolute atomic E-state index is 0.293. The molecule has 1 N–H and O–H groups in total. The Hall–Kier alpha value is -2.20. The van der Waals surface area contributed by atoms with E-state index in [2.05, 4.69) is 10.5 Å². The highest BCUT2D eigenvalue weighted by atomic mass is 35.5. The van der Waals surface area contributed by atoms with Crippen molar-refractivity contribution in [2.24, 2.45) is 5.10 Å². The van der Waals surface area contributed by atoms with Gasteiger partial charge in [-0.25, -0.2) is 9.82 Å². The molecule has 0 aliphatic heterocycles. The fourth-order valence-electron chi connectivity index (χ4n) is 1.45. The number of nitrogens with one attached hydrogen (secondary N) is 1. The van der Waals surface area contributed by atoms with Crippen molar-refractivity contribution >= 4 is 23.7 Å². The number of benzene rings is 2. The van der Waals surface area contributed by atoms with Gasteiger partial charge >= 0.3 is 0 Å². The largest absolute Gasteiger partial charge is 0.272 e. The van der Waals surface area contributed by atoms with Gasteiger partial charge < -0.3 is 0 Å². The molecule has 96 valence electrons. The molecule has 0 saturated carbocycles. The molecule has 5 heteroatoms. The van der Waals surface area contributed by atoms with Gasteiger partial charge in [0.1, 0.15) is 5.82 Å². The van der Waals surface area contributed by atoms with E-state index in [1.165, 1.54) is 12.3 Å². The fraction of sp³-hybridized carbons (Fsp3) is 0. The summed E-state index contributed by atoms with van der Waals surface area (Å²) >= 11 is 5.87. The van der Waals surface area contributed by atoms with Crippen molar-refractivity contribution in [3.63, 3.8) is 0 Å². The highest BCUT2D eigenvalue weighted by molar-refractivity contribution is 6.33. The van der Waals surface area contributed by atoms with E-state index >= 15 is 0 Å². The predicted octanol–water partition coefficient (Wildman–Crippen LogP) is 3.24. The van der Waals surface area contributed by atoms with Crippen LogP contribution in [0.15, 0.2) is 53.6 Å². The highest BCUT2D eigenvalue weighted by Gasteiger charge is 2.07. The van der Waals surface area contributed by atoms with Crippen molar-refractivity contribution < 1.29 is 9.18 Å². The first kappa shape index (κ1) is 13.2. The number of carbonyl (C=O) groups is 1. The summed E-state index contributed by atoms with van der Waals surface area (Å²) in [5.41, 5.74) is 2.90. The Morgan fingerprint density at radius 3 is 2.58 bits per heavy atom. The Kier molecular flexibility index (Phi) is 4.26. The lowest BCUT2D eigenvalue weighted by Crippen LogP contribution is -2.18. The molecule has 0 fully saturated rings. The predicted molar refractivity (Wildman–Crippen MR) is 72.9 cm³/mol. The molecule has 2 aromatic carbocycles. The van der Waals surface area contributed by atoms with Gasteiger partial charge in [-0.2, -0.15) is 5.10 Å². The molecule has 0 radical (unpaired) electrons. The second-order valence-corrected chi connectivity index (χ2v) is 4.11. The number of rotatable bonds is 3. The molecule has 0 spiro atoms. The summed E-state index contributed by atoms with van der Waals surface area (Å²) in [4.78, 5) is 11.7. The second-order valence-electron chi connectivity index (χ2n) is 3.70. The van der Waals surface area contributed by atoms with Gasteiger partial charge in [0, 0.05) is 5.56 Å². The molecule has 2 rings (SSSR count). The summed E-state index contributed by atoms with van der Waals surface area (Å²) in [5, 5.41) is 4.03. The van der Waals surface area contributed by atoms with Crippen molar-refractivity contribution in [1.82, 2.24) is 5.43 Å². The fourth-order valence-corrected chi connectivity index (χ4v) is 1.67. The van der Waals surface area contributed by atoms with Gasteiger partial charge in [0.25, 0.3) is 5.91 Å². The van der Waals surface area contributed by atoms with Gasteiger partial charge in [0.2, 0.25) is 0 Å². The molecule has 0 atom stereocenters. The first-order valence-electron chi connectivity index (χ1n) is 5.51. The van der Waals surface area contributed by atoms with E-state index in [0.717, 1.165) is 0 Å². The van der Waals surface area contributed by atoms with Gasteiger partial charge in [0.05, 0.1) is 16.8 Å². The molecular weight excluding hydrogens is 267 g/mol. The average Bonchev–Trinajstić information content (AvgIpc) is 2.41. The van der Waals surface area contributed by atoms with E-state index in [1.54, 1.807) is 42.5 Å². The first-order valence-corrected chi connectivity index (χ1v) is 5.89. The van der Waals surface area contributed by atoms with Crippen molar-refractivity contribution in [2.45, 2.75) is 0 Å². The molecule has 0 saturated heterocycles. The molecule has 3 nitrogen and oxygen atoms in total. The van der Waals surface area contributed by atoms with Crippen LogP contribution in [-0.2, 0) is 0 Å². The number of halogens is 2. The first-order chi connectivity index (χ1) is 9.18. The van der Waals surface area contributed by atoms with Crippen molar-refractivity contribution in [2.75, 3.05) is 0 Å². The van der Waals surface area contributed by atoms with Crippen molar-refractivity contribution in [1.29, 1.82) is 0 Å². The molecule has 0 bridgehead atoms. The zero-order chi connectivity index (χ0) is 13.7. The Labute approximate surface area is 114 Å². The minimum atomic E-state index is -0.446. The summed E-state index contributed by atoms with van der Waals surface area (Å²) in [6.07, 6.45) is 1.24. The van der Waals surface area contributed by atoms with E-state index in [0.29, 0.717) is 16.1 Å². The lowest BCUT2D eigenvalue weighted by atomic mass is 10.2. The molecule has 1 amide bonds. The summed E-state index contributed by atoms with van der Waals surface area (Å²) in [5.74, 6) is -0.851. The van der Waals surface area contributed by atoms with Gasteiger partial charge in [0.15, 0.2) is 0 Å². The van der Waals surface area contributed by atoms with Crippen LogP contribution in [0.3, 0.4) is 0 Å². The monoisotopic (exact) mass is 276 g/mol. The molecule has 19 heavy (non-hydrogen) atoms. The van der Waals surface area contributed by atoms with Crippen LogP contribution in [0.5, 0.6) is 0 Å². The maximum atomic E-state index is 13.3. The Bertz CT molecular complexity index is 628. The van der Waals surface area contributed by atoms with Crippen molar-refractivity contribution in [3.05, 3.63) is 70.5 Å². The second kappa shape index (κ2) is 6.11. The van der Waals surface area contributed by atoms with E-state index < -0.39 is 11.7 Å². The summed E-state index contributed by atoms with van der Waals surface area (Å²) in [6, 6.07) is 12.7. The van der Waals surface area contributed by atoms with Gasteiger partial charge in [-0.15, -0.1) is 0 Å². The topological polar surface area (TPSA) is 41.5 Å². The summed E-state index contributed by atoms with van der Waals surface area (Å²) in [6.45, 7) is 0. The van der Waals surface area contributed by atoms with E-state index in [4.69, 9.17) is 11.6 Å². The molecule has 0 aromatic heterocycles. The average molecular weight is 277 g/mol. The van der Waals surface area contributed by atoms with E-state index in [1.807, 2.05) is 0 Å². The standard InChI is InChI=1S/C14H10ClFN2O/c15-12-7-3-2-6-11(12)14(19)18-17-9-10-5-1-4-8-13(10)16/h1-9H,(H,18,19). The van der Waals surface area contributed by atoms with Crippen LogP contribution < -0.4 is 5.43 Å². The molecular formula is C14H10ClFN2O. The van der Waals surface area contributed by atoms with Crippen LogP contribution in [0.25, 0.3) is 0 Å². The Morgan fingerprint density at radius 1 is 1.16 bits per heavy atom. The van der Waals surface area contributed by atoms with E-state index in [9.17, 15) is 9.18 Å². The number of nitrogens with zero attached hydrogens (tertiary/aromatic N) is 1. The molecule has 2 aromatic rings. The zero-order valence-corrected chi connectivity index (χ0v) is 10.6. The third-order valence-electron chi connectivity index (χ3n) is 2.39. The smallest absolute Gasteiger partial charge is 0.267 e. The zero-order valence-electron chi connectivity index (χ0n) is 9.81. The van der Waals surface area contributed by atoms with Crippen LogP contribution in [0.1, 0.15) is 15.9 Å². The number of hydrogen-bond acceptors (Lipinski definition) is 2. The maximum Gasteiger partial charge on any atom is 0.272 e.